The van der Waals surface area contributed by atoms with Gasteiger partial charge in [0.1, 0.15) is 0 Å². The second-order valence-corrected chi connectivity index (χ2v) is 10.2. The molecule has 0 aromatic heterocycles. The summed E-state index contributed by atoms with van der Waals surface area (Å²) in [6.45, 7) is 2.17. The molecule has 5 rings (SSSR count). The van der Waals surface area contributed by atoms with E-state index >= 15 is 0 Å². The number of nitrogens with one attached hydrogen (secondary N) is 1. The highest BCUT2D eigenvalue weighted by atomic mass is 32.2. The van der Waals surface area contributed by atoms with E-state index in [4.69, 9.17) is 9.47 Å². The standard InChI is InChI=1S/C25H24N2O6S/c1-14-24(30)18-11-20-19(32-13-33-20)9-16(18)10-21(34-14)25(31)26-17-7-5-15(6-8-17)12-27-22(28)3-2-4-23(27)29/h5-9,11,14,21H,2-4,10,12-13H2,1H3,(H,26,31). The summed E-state index contributed by atoms with van der Waals surface area (Å²) in [5.41, 5.74) is 2.78. The summed E-state index contributed by atoms with van der Waals surface area (Å²) in [6, 6.07) is 10.6. The normalized spacial score (nSPS) is 21.8. The summed E-state index contributed by atoms with van der Waals surface area (Å²) >= 11 is 1.34. The number of Topliss-reactive ketones (excluding diaryl/α,β-unsaturated/α-hetero) is 1. The van der Waals surface area contributed by atoms with Crippen molar-refractivity contribution in [3.8, 4) is 11.5 Å². The van der Waals surface area contributed by atoms with Gasteiger partial charge in [-0.15, -0.1) is 11.8 Å². The van der Waals surface area contributed by atoms with Crippen LogP contribution in [0.2, 0.25) is 0 Å². The Morgan fingerprint density at radius 3 is 2.44 bits per heavy atom. The molecule has 2 atom stereocenters. The van der Waals surface area contributed by atoms with Crippen molar-refractivity contribution in [2.24, 2.45) is 0 Å². The highest BCUT2D eigenvalue weighted by Crippen LogP contribution is 2.39. The number of hydrogen-bond donors (Lipinski definition) is 1. The molecular formula is C25H24N2O6S. The molecule has 0 saturated carbocycles. The van der Waals surface area contributed by atoms with E-state index in [0.29, 0.717) is 48.4 Å². The largest absolute Gasteiger partial charge is 0.454 e. The summed E-state index contributed by atoms with van der Waals surface area (Å²) in [7, 11) is 0. The number of anilines is 1. The van der Waals surface area contributed by atoms with Gasteiger partial charge in [0.2, 0.25) is 24.5 Å². The molecule has 2 unspecified atom stereocenters. The second-order valence-electron chi connectivity index (χ2n) is 8.61. The molecule has 3 aliphatic rings. The Bertz CT molecular complexity index is 1160. The van der Waals surface area contributed by atoms with Gasteiger partial charge >= 0.3 is 0 Å². The molecule has 9 heteroatoms. The number of fused-ring (bicyclic) bond motifs is 2. The van der Waals surface area contributed by atoms with Gasteiger partial charge in [-0.3, -0.25) is 24.1 Å². The van der Waals surface area contributed by atoms with Crippen molar-refractivity contribution >= 4 is 41.0 Å². The number of benzene rings is 2. The van der Waals surface area contributed by atoms with E-state index in [2.05, 4.69) is 5.32 Å². The monoisotopic (exact) mass is 480 g/mol. The Kier molecular flexibility index (Phi) is 6.03. The average Bonchev–Trinajstić information content (AvgIpc) is 3.24. The number of ketones is 1. The second kappa shape index (κ2) is 9.13. The Morgan fingerprint density at radius 2 is 1.74 bits per heavy atom. The number of piperidine rings is 1. The molecule has 176 valence electrons. The first-order valence-corrected chi connectivity index (χ1v) is 12.2. The molecule has 0 spiro atoms. The maximum Gasteiger partial charge on any atom is 0.237 e. The van der Waals surface area contributed by atoms with E-state index in [9.17, 15) is 19.2 Å². The minimum absolute atomic E-state index is 0.0280. The van der Waals surface area contributed by atoms with Crippen LogP contribution in [0.25, 0.3) is 0 Å². The fraction of sp³-hybridized carbons (Fsp3) is 0.360. The van der Waals surface area contributed by atoms with Crippen LogP contribution in [-0.4, -0.2) is 45.7 Å². The van der Waals surface area contributed by atoms with E-state index in [1.807, 2.05) is 6.92 Å². The summed E-state index contributed by atoms with van der Waals surface area (Å²) in [5.74, 6) is 0.631. The lowest BCUT2D eigenvalue weighted by molar-refractivity contribution is -0.148. The van der Waals surface area contributed by atoms with Gasteiger partial charge in [0.15, 0.2) is 17.3 Å². The van der Waals surface area contributed by atoms with E-state index in [1.54, 1.807) is 36.4 Å². The number of thioether (sulfide) groups is 1. The molecule has 3 amide bonds. The van der Waals surface area contributed by atoms with Crippen molar-refractivity contribution in [2.45, 2.75) is 49.7 Å². The minimum atomic E-state index is -0.455. The minimum Gasteiger partial charge on any atom is -0.454 e. The summed E-state index contributed by atoms with van der Waals surface area (Å²) in [4.78, 5) is 51.4. The summed E-state index contributed by atoms with van der Waals surface area (Å²) < 4.78 is 10.9. The van der Waals surface area contributed by atoms with Gasteiger partial charge in [-0.25, -0.2) is 0 Å². The van der Waals surface area contributed by atoms with Crippen LogP contribution < -0.4 is 14.8 Å². The zero-order valence-corrected chi connectivity index (χ0v) is 19.5. The summed E-state index contributed by atoms with van der Waals surface area (Å²) in [6.07, 6.45) is 1.79. The summed E-state index contributed by atoms with van der Waals surface area (Å²) in [5, 5.41) is 2.10. The number of carbonyl (C=O) groups is 4. The smallest absolute Gasteiger partial charge is 0.237 e. The third kappa shape index (κ3) is 4.40. The number of carbonyl (C=O) groups excluding carboxylic acids is 4. The number of hydrogen-bond acceptors (Lipinski definition) is 7. The van der Waals surface area contributed by atoms with Crippen LogP contribution in [0.3, 0.4) is 0 Å². The first-order valence-electron chi connectivity index (χ1n) is 11.2. The van der Waals surface area contributed by atoms with Gasteiger partial charge in [-0.1, -0.05) is 12.1 Å². The third-order valence-corrected chi connectivity index (χ3v) is 7.58. The van der Waals surface area contributed by atoms with Gasteiger partial charge in [0, 0.05) is 24.1 Å². The highest BCUT2D eigenvalue weighted by molar-refractivity contribution is 8.02. The lowest BCUT2D eigenvalue weighted by Crippen LogP contribution is -2.39. The Labute approximate surface area is 201 Å². The molecule has 1 N–H and O–H groups in total. The number of ether oxygens (including phenoxy) is 2. The molecule has 1 saturated heterocycles. The van der Waals surface area contributed by atoms with Crippen molar-refractivity contribution in [3.05, 3.63) is 53.1 Å². The third-order valence-electron chi connectivity index (χ3n) is 6.24. The van der Waals surface area contributed by atoms with Crippen molar-refractivity contribution in [1.82, 2.24) is 4.90 Å². The van der Waals surface area contributed by atoms with Crippen LogP contribution >= 0.6 is 11.8 Å². The van der Waals surface area contributed by atoms with Gasteiger partial charge in [-0.05, 0) is 55.2 Å². The molecule has 34 heavy (non-hydrogen) atoms. The SMILES string of the molecule is CC1SC(C(=O)Nc2ccc(CN3C(=O)CCCC3=O)cc2)Cc2cc3c(cc2C1=O)OCO3. The van der Waals surface area contributed by atoms with E-state index < -0.39 is 5.25 Å². The number of amides is 3. The molecular weight excluding hydrogens is 456 g/mol. The van der Waals surface area contributed by atoms with Crippen LogP contribution in [0.5, 0.6) is 11.5 Å². The number of rotatable bonds is 4. The first-order chi connectivity index (χ1) is 16.4. The predicted molar refractivity (Wildman–Crippen MR) is 126 cm³/mol. The molecule has 0 bridgehead atoms. The van der Waals surface area contributed by atoms with Crippen molar-refractivity contribution in [1.29, 1.82) is 0 Å². The molecule has 2 aromatic rings. The lowest BCUT2D eigenvalue weighted by Gasteiger charge is -2.25. The molecule has 0 radical (unpaired) electrons. The van der Waals surface area contributed by atoms with E-state index in [1.165, 1.54) is 16.7 Å². The van der Waals surface area contributed by atoms with Crippen LogP contribution in [0.1, 0.15) is 47.7 Å². The zero-order valence-electron chi connectivity index (χ0n) is 18.7. The van der Waals surface area contributed by atoms with Gasteiger partial charge < -0.3 is 14.8 Å². The van der Waals surface area contributed by atoms with Crippen LogP contribution in [0.4, 0.5) is 5.69 Å². The Balaban J connectivity index is 1.28. The quantitative estimate of drug-likeness (QED) is 0.670. The Hall–Kier alpha value is -3.33. The molecule has 0 aliphatic carbocycles. The molecule has 2 aromatic carbocycles. The van der Waals surface area contributed by atoms with Crippen LogP contribution in [0.15, 0.2) is 36.4 Å². The lowest BCUT2D eigenvalue weighted by atomic mass is 9.97. The van der Waals surface area contributed by atoms with Gasteiger partial charge in [0.05, 0.1) is 17.0 Å². The van der Waals surface area contributed by atoms with Crippen molar-refractivity contribution < 1.29 is 28.7 Å². The predicted octanol–water partition coefficient (Wildman–Crippen LogP) is 3.32. The fourth-order valence-electron chi connectivity index (χ4n) is 4.39. The fourth-order valence-corrected chi connectivity index (χ4v) is 5.59. The highest BCUT2D eigenvalue weighted by Gasteiger charge is 2.34. The first kappa shape index (κ1) is 22.5. The van der Waals surface area contributed by atoms with Gasteiger partial charge in [0.25, 0.3) is 0 Å². The van der Waals surface area contributed by atoms with Crippen LogP contribution in [-0.2, 0) is 27.3 Å². The molecule has 8 nitrogen and oxygen atoms in total. The van der Waals surface area contributed by atoms with Gasteiger partial charge in [-0.2, -0.15) is 0 Å². The molecule has 3 aliphatic heterocycles. The van der Waals surface area contributed by atoms with E-state index in [-0.39, 0.29) is 42.1 Å². The number of likely N-dealkylation sites (tertiary alicyclic amines) is 1. The molecule has 3 heterocycles. The van der Waals surface area contributed by atoms with Crippen molar-refractivity contribution in [3.63, 3.8) is 0 Å². The van der Waals surface area contributed by atoms with Crippen molar-refractivity contribution in [2.75, 3.05) is 12.1 Å². The maximum absolute atomic E-state index is 13.1. The Morgan fingerprint density at radius 1 is 1.06 bits per heavy atom. The topological polar surface area (TPSA) is 102 Å². The number of nitrogens with zero attached hydrogens (tertiary/aromatic N) is 1. The average molecular weight is 481 g/mol. The van der Waals surface area contributed by atoms with Crippen LogP contribution in [0, 0.1) is 0 Å². The number of imide groups is 1. The zero-order chi connectivity index (χ0) is 23.8. The molecule has 1 fully saturated rings. The maximum atomic E-state index is 13.1. The van der Waals surface area contributed by atoms with E-state index in [0.717, 1.165) is 11.1 Å².